The second-order valence-electron chi connectivity index (χ2n) is 11.3. The zero-order valence-electron chi connectivity index (χ0n) is 23.3. The molecule has 0 saturated heterocycles. The van der Waals surface area contributed by atoms with Gasteiger partial charge >= 0.3 is 0 Å². The highest BCUT2D eigenvalue weighted by Crippen LogP contribution is 2.68. The predicted molar refractivity (Wildman–Crippen MR) is 147 cm³/mol. The SMILES string of the molecule is N#Cc1ccc(-c2cc3[nH]ncc3nc2C(Cc2cc(F)cc(F)c2)NC(=O)Cn2nc(C(F)F)c3c2C(F)(F)C2CC32)cc1F. The van der Waals surface area contributed by atoms with Gasteiger partial charge in [-0.3, -0.25) is 14.6 Å². The van der Waals surface area contributed by atoms with Crippen LogP contribution in [0.15, 0.2) is 48.7 Å². The van der Waals surface area contributed by atoms with E-state index in [9.17, 15) is 32.0 Å². The summed E-state index contributed by atoms with van der Waals surface area (Å²) in [5.41, 5.74) is -0.625. The number of carbonyl (C=O) groups excluding carboxylic acids is 1. The molecule has 234 valence electrons. The smallest absolute Gasteiger partial charge is 0.293 e. The van der Waals surface area contributed by atoms with Crippen LogP contribution in [0.4, 0.5) is 30.7 Å². The maximum atomic E-state index is 15.1. The lowest BCUT2D eigenvalue weighted by Crippen LogP contribution is -2.35. The van der Waals surface area contributed by atoms with Crippen molar-refractivity contribution in [3.8, 4) is 17.2 Å². The van der Waals surface area contributed by atoms with Crippen molar-refractivity contribution in [2.75, 3.05) is 0 Å². The van der Waals surface area contributed by atoms with E-state index < -0.39 is 71.5 Å². The van der Waals surface area contributed by atoms with Gasteiger partial charge in [0.15, 0.2) is 0 Å². The van der Waals surface area contributed by atoms with Gasteiger partial charge in [0.2, 0.25) is 5.91 Å². The molecule has 3 atom stereocenters. The van der Waals surface area contributed by atoms with Crippen molar-refractivity contribution in [1.29, 1.82) is 5.26 Å². The number of benzene rings is 2. The Morgan fingerprint density at radius 3 is 2.57 bits per heavy atom. The third-order valence-corrected chi connectivity index (χ3v) is 8.34. The van der Waals surface area contributed by atoms with Gasteiger partial charge in [0.25, 0.3) is 12.3 Å². The molecule has 7 rings (SSSR count). The molecule has 8 nitrogen and oxygen atoms in total. The van der Waals surface area contributed by atoms with Crippen LogP contribution >= 0.6 is 0 Å². The van der Waals surface area contributed by atoms with E-state index in [-0.39, 0.29) is 46.4 Å². The van der Waals surface area contributed by atoms with E-state index in [1.807, 2.05) is 0 Å². The summed E-state index contributed by atoms with van der Waals surface area (Å²) in [7, 11) is 0. The number of amides is 1. The fourth-order valence-corrected chi connectivity index (χ4v) is 6.30. The molecule has 0 aliphatic heterocycles. The van der Waals surface area contributed by atoms with Crippen molar-refractivity contribution in [3.63, 3.8) is 0 Å². The van der Waals surface area contributed by atoms with Crippen LogP contribution in [-0.4, -0.2) is 30.9 Å². The average Bonchev–Trinajstić information content (AvgIpc) is 3.40. The summed E-state index contributed by atoms with van der Waals surface area (Å²) >= 11 is 0. The molecule has 2 aromatic carbocycles. The Morgan fingerprint density at radius 1 is 1.11 bits per heavy atom. The van der Waals surface area contributed by atoms with Crippen molar-refractivity contribution >= 4 is 16.9 Å². The predicted octanol–water partition coefficient (Wildman–Crippen LogP) is 6.36. The summed E-state index contributed by atoms with van der Waals surface area (Å²) < 4.78 is 102. The topological polar surface area (TPSA) is 112 Å². The quantitative estimate of drug-likeness (QED) is 0.192. The number of pyridine rings is 1. The number of rotatable bonds is 8. The lowest BCUT2D eigenvalue weighted by Gasteiger charge is -2.23. The molecular formula is C31H20F7N7O. The number of carbonyl (C=O) groups is 1. The molecule has 0 spiro atoms. The zero-order valence-corrected chi connectivity index (χ0v) is 23.3. The van der Waals surface area contributed by atoms with Crippen LogP contribution < -0.4 is 5.32 Å². The van der Waals surface area contributed by atoms with Gasteiger partial charge in [-0.1, -0.05) is 6.07 Å². The van der Waals surface area contributed by atoms with Gasteiger partial charge in [0.05, 0.1) is 29.0 Å². The highest BCUT2D eigenvalue weighted by atomic mass is 19.3. The minimum atomic E-state index is -3.46. The monoisotopic (exact) mass is 639 g/mol. The number of aromatic nitrogens is 5. The van der Waals surface area contributed by atoms with Crippen molar-refractivity contribution in [2.24, 2.45) is 5.92 Å². The number of hydrogen-bond acceptors (Lipinski definition) is 5. The number of aromatic amines is 1. The lowest BCUT2D eigenvalue weighted by atomic mass is 9.94. The van der Waals surface area contributed by atoms with Crippen LogP contribution in [0.2, 0.25) is 0 Å². The Kier molecular flexibility index (Phi) is 6.84. The maximum Gasteiger partial charge on any atom is 0.293 e. The van der Waals surface area contributed by atoms with E-state index in [2.05, 4.69) is 25.6 Å². The summed E-state index contributed by atoms with van der Waals surface area (Å²) in [5.74, 6) is -8.94. The number of fused-ring (bicyclic) bond motifs is 4. The molecule has 2 aliphatic carbocycles. The second-order valence-corrected chi connectivity index (χ2v) is 11.3. The average molecular weight is 640 g/mol. The minimum Gasteiger partial charge on any atom is -0.346 e. The van der Waals surface area contributed by atoms with Crippen molar-refractivity contribution in [1.82, 2.24) is 30.3 Å². The van der Waals surface area contributed by atoms with E-state index in [1.165, 1.54) is 18.3 Å². The summed E-state index contributed by atoms with van der Waals surface area (Å²) in [4.78, 5) is 18.1. The molecule has 1 amide bonds. The Hall–Kier alpha value is -5.26. The second kappa shape index (κ2) is 10.7. The highest BCUT2D eigenvalue weighted by Gasteiger charge is 2.67. The first-order valence-electron chi connectivity index (χ1n) is 14.0. The summed E-state index contributed by atoms with van der Waals surface area (Å²) in [6.07, 6.45) is -1.99. The van der Waals surface area contributed by atoms with Gasteiger partial charge < -0.3 is 5.32 Å². The zero-order chi connectivity index (χ0) is 32.5. The molecule has 0 bridgehead atoms. The van der Waals surface area contributed by atoms with Crippen LogP contribution in [0.1, 0.15) is 58.6 Å². The Bertz CT molecular complexity index is 2060. The normalized spacial score (nSPS) is 18.3. The molecular weight excluding hydrogens is 619 g/mol. The molecule has 2 N–H and O–H groups in total. The van der Waals surface area contributed by atoms with Gasteiger partial charge in [-0.2, -0.15) is 24.2 Å². The Morgan fingerprint density at radius 2 is 1.87 bits per heavy atom. The fraction of sp³-hybridized carbons (Fsp3) is 0.258. The molecule has 2 aliphatic rings. The van der Waals surface area contributed by atoms with E-state index in [0.29, 0.717) is 21.8 Å². The van der Waals surface area contributed by atoms with Gasteiger partial charge in [0.1, 0.15) is 47.0 Å². The van der Waals surface area contributed by atoms with Crippen LogP contribution in [0, 0.1) is 34.7 Å². The van der Waals surface area contributed by atoms with Crippen LogP contribution in [0.5, 0.6) is 0 Å². The third-order valence-electron chi connectivity index (χ3n) is 8.34. The van der Waals surface area contributed by atoms with E-state index in [0.717, 1.165) is 18.2 Å². The van der Waals surface area contributed by atoms with Crippen molar-refractivity contribution < 1.29 is 35.5 Å². The number of H-pyrrole nitrogens is 1. The van der Waals surface area contributed by atoms with Crippen molar-refractivity contribution in [2.45, 2.75) is 43.7 Å². The van der Waals surface area contributed by atoms with Crippen LogP contribution in [-0.2, 0) is 23.7 Å². The summed E-state index contributed by atoms with van der Waals surface area (Å²) in [6.45, 7) is -0.868. The molecule has 0 radical (unpaired) electrons. The first-order valence-corrected chi connectivity index (χ1v) is 14.0. The third kappa shape index (κ3) is 4.93. The molecule has 15 heteroatoms. The van der Waals surface area contributed by atoms with Crippen molar-refractivity contribution in [3.05, 3.63) is 99.9 Å². The Balaban J connectivity index is 1.30. The number of hydrogen-bond donors (Lipinski definition) is 2. The standard InChI is InChI=1S/C31H20F7N7O/c32-16-3-13(4-17(33)7-16)5-23(27-18(9-22-24(42-27)11-40-43-22)14-1-2-15(10-39)21(34)6-14)41-25(46)12-45-29-26(28(44-45)30(35)36)19-8-20(19)31(29,37)38/h1-4,6-7,9,11,19-20,23,30H,5,8,12H2,(H,40,43)(H,41,46). The molecule has 3 heterocycles. The van der Waals surface area contributed by atoms with Crippen LogP contribution in [0.25, 0.3) is 22.2 Å². The number of alkyl halides is 4. The summed E-state index contributed by atoms with van der Waals surface area (Å²) in [5, 5.41) is 22.2. The minimum absolute atomic E-state index is 0.0464. The highest BCUT2D eigenvalue weighted by molar-refractivity contribution is 5.83. The number of nitrogens with one attached hydrogen (secondary N) is 2. The molecule has 1 saturated carbocycles. The first kappa shape index (κ1) is 29.5. The van der Waals surface area contributed by atoms with Crippen LogP contribution in [0.3, 0.4) is 0 Å². The molecule has 5 aromatic rings. The number of nitrogens with zero attached hydrogens (tertiary/aromatic N) is 5. The maximum absolute atomic E-state index is 15.1. The van der Waals surface area contributed by atoms with E-state index in [1.54, 1.807) is 12.1 Å². The summed E-state index contributed by atoms with van der Waals surface area (Å²) in [6, 6.07) is 8.54. The number of nitriles is 1. The molecule has 46 heavy (non-hydrogen) atoms. The Labute approximate surface area is 254 Å². The lowest BCUT2D eigenvalue weighted by molar-refractivity contribution is -0.123. The molecule has 3 aromatic heterocycles. The molecule has 3 unspecified atom stereocenters. The number of halogens is 7. The van der Waals surface area contributed by atoms with Gasteiger partial charge in [-0.25, -0.2) is 26.9 Å². The van der Waals surface area contributed by atoms with Gasteiger partial charge in [0, 0.05) is 23.1 Å². The fourth-order valence-electron chi connectivity index (χ4n) is 6.30. The molecule has 1 fully saturated rings. The van der Waals surface area contributed by atoms with E-state index in [4.69, 9.17) is 0 Å². The first-order chi connectivity index (χ1) is 21.9. The van der Waals surface area contributed by atoms with Gasteiger partial charge in [-0.05, 0) is 60.2 Å². The van der Waals surface area contributed by atoms with E-state index >= 15 is 8.78 Å². The van der Waals surface area contributed by atoms with Gasteiger partial charge in [-0.15, -0.1) is 0 Å². The largest absolute Gasteiger partial charge is 0.346 e.